The Balaban J connectivity index is 2.58. The molecule has 1 aromatic rings. The van der Waals surface area contributed by atoms with Crippen LogP contribution in [0.4, 0.5) is 14.5 Å². The Kier molecular flexibility index (Phi) is 3.93. The number of benzene rings is 1. The van der Waals surface area contributed by atoms with Gasteiger partial charge in [-0.05, 0) is 19.1 Å². The number of halogens is 2. The molecule has 0 unspecified atom stereocenters. The minimum Gasteiger partial charge on any atom is -0.374 e. The first kappa shape index (κ1) is 10.5. The quantitative estimate of drug-likeness (QED) is 0.731. The summed E-state index contributed by atoms with van der Waals surface area (Å²) < 4.78 is 24.3. The van der Waals surface area contributed by atoms with Crippen molar-refractivity contribution in [2.75, 3.05) is 11.9 Å². The van der Waals surface area contributed by atoms with Gasteiger partial charge >= 0.3 is 0 Å². The van der Waals surface area contributed by atoms with Crippen molar-refractivity contribution < 1.29 is 8.78 Å². The number of hydrogen-bond donors (Lipinski definition) is 1. The van der Waals surface area contributed by atoms with Crippen LogP contribution in [0, 0.1) is 11.8 Å². The molecule has 0 amide bonds. The second kappa shape index (κ2) is 5.23. The van der Waals surface area contributed by atoms with Gasteiger partial charge < -0.3 is 5.32 Å². The first-order valence-electron chi connectivity index (χ1n) is 4.25. The minimum absolute atomic E-state index is 0.0390. The molecule has 0 aliphatic carbocycles. The fourth-order valence-electron chi connectivity index (χ4n) is 0.981. The van der Waals surface area contributed by atoms with Crippen LogP contribution in [0.2, 0.25) is 0 Å². The van der Waals surface area contributed by atoms with Crippen LogP contribution >= 0.6 is 0 Å². The Hall–Kier alpha value is -1.56. The van der Waals surface area contributed by atoms with Crippen LogP contribution in [0.5, 0.6) is 0 Å². The Morgan fingerprint density at radius 1 is 1.29 bits per heavy atom. The molecular weight excluding hydrogens is 184 g/mol. The first-order chi connectivity index (χ1) is 6.74. The monoisotopic (exact) mass is 195 g/mol. The highest BCUT2D eigenvalue weighted by atomic mass is 19.3. The molecule has 1 rings (SSSR count). The van der Waals surface area contributed by atoms with Crippen molar-refractivity contribution in [3.05, 3.63) is 29.8 Å². The summed E-state index contributed by atoms with van der Waals surface area (Å²) in [6, 6.07) is 6.07. The highest BCUT2D eigenvalue weighted by Gasteiger charge is 2.04. The van der Waals surface area contributed by atoms with E-state index in [-0.39, 0.29) is 5.56 Å². The zero-order valence-electron chi connectivity index (χ0n) is 7.85. The Bertz CT molecular complexity index is 333. The van der Waals surface area contributed by atoms with E-state index in [1.165, 1.54) is 12.1 Å². The molecule has 14 heavy (non-hydrogen) atoms. The smallest absolute Gasteiger partial charge is 0.263 e. The van der Waals surface area contributed by atoms with Gasteiger partial charge in [0.05, 0.1) is 6.54 Å². The Morgan fingerprint density at radius 3 is 2.43 bits per heavy atom. The normalized spacial score (nSPS) is 9.43. The molecule has 1 nitrogen and oxygen atoms in total. The second-order valence-electron chi connectivity index (χ2n) is 2.70. The highest BCUT2D eigenvalue weighted by Crippen LogP contribution is 2.20. The standard InChI is InChI=1S/C11H11F2N/c1-2-3-8-14-10-6-4-9(5-7-10)11(12)13/h4-7,11,14H,8H2,1H3. The van der Waals surface area contributed by atoms with Crippen molar-refractivity contribution in [2.45, 2.75) is 13.3 Å². The third-order valence-electron chi connectivity index (χ3n) is 1.72. The summed E-state index contributed by atoms with van der Waals surface area (Å²) in [7, 11) is 0. The lowest BCUT2D eigenvalue weighted by molar-refractivity contribution is 0.151. The zero-order chi connectivity index (χ0) is 10.4. The SMILES string of the molecule is CC#CCNc1ccc(C(F)F)cc1. The molecule has 0 atom stereocenters. The average molecular weight is 195 g/mol. The van der Waals surface area contributed by atoms with Gasteiger partial charge in [0, 0.05) is 11.3 Å². The van der Waals surface area contributed by atoms with Gasteiger partial charge in [0.1, 0.15) is 0 Å². The molecule has 0 spiro atoms. The van der Waals surface area contributed by atoms with Crippen LogP contribution in [0.1, 0.15) is 18.9 Å². The van der Waals surface area contributed by atoms with E-state index in [1.54, 1.807) is 19.1 Å². The van der Waals surface area contributed by atoms with Crippen LogP contribution in [-0.2, 0) is 0 Å². The van der Waals surface area contributed by atoms with E-state index in [2.05, 4.69) is 17.2 Å². The lowest BCUT2D eigenvalue weighted by atomic mass is 10.2. The number of hydrogen-bond acceptors (Lipinski definition) is 1. The molecule has 0 aliphatic heterocycles. The molecule has 0 bridgehead atoms. The maximum absolute atomic E-state index is 12.2. The predicted octanol–water partition coefficient (Wildman–Crippen LogP) is 3.06. The second-order valence-corrected chi connectivity index (χ2v) is 2.70. The molecule has 1 N–H and O–H groups in total. The van der Waals surface area contributed by atoms with Gasteiger partial charge in [-0.15, -0.1) is 5.92 Å². The molecule has 0 fully saturated rings. The molecule has 3 heteroatoms. The highest BCUT2D eigenvalue weighted by molar-refractivity contribution is 5.45. The maximum Gasteiger partial charge on any atom is 0.263 e. The summed E-state index contributed by atoms with van der Waals surface area (Å²) in [6.07, 6.45) is -2.40. The summed E-state index contributed by atoms with van der Waals surface area (Å²) in [5, 5.41) is 2.99. The fourth-order valence-corrected chi connectivity index (χ4v) is 0.981. The van der Waals surface area contributed by atoms with E-state index in [0.29, 0.717) is 6.54 Å². The van der Waals surface area contributed by atoms with E-state index in [0.717, 1.165) is 5.69 Å². The summed E-state index contributed by atoms with van der Waals surface area (Å²) in [5.41, 5.74) is 0.842. The van der Waals surface area contributed by atoms with Gasteiger partial charge in [0.25, 0.3) is 6.43 Å². The summed E-state index contributed by atoms with van der Waals surface area (Å²) in [4.78, 5) is 0. The van der Waals surface area contributed by atoms with Gasteiger partial charge in [-0.25, -0.2) is 8.78 Å². The molecule has 0 aromatic heterocycles. The lowest BCUT2D eigenvalue weighted by Crippen LogP contribution is -1.98. The van der Waals surface area contributed by atoms with Gasteiger partial charge in [0.15, 0.2) is 0 Å². The van der Waals surface area contributed by atoms with E-state index in [1.807, 2.05) is 0 Å². The lowest BCUT2D eigenvalue weighted by Gasteiger charge is -2.03. The predicted molar refractivity (Wildman–Crippen MR) is 53.3 cm³/mol. The number of rotatable bonds is 3. The molecule has 1 aromatic carbocycles. The fraction of sp³-hybridized carbons (Fsp3) is 0.273. The average Bonchev–Trinajstić information content (AvgIpc) is 2.19. The Labute approximate surface area is 82.1 Å². The number of nitrogens with one attached hydrogen (secondary N) is 1. The first-order valence-corrected chi connectivity index (χ1v) is 4.25. The van der Waals surface area contributed by atoms with Crippen LogP contribution in [0.3, 0.4) is 0 Å². The topological polar surface area (TPSA) is 12.0 Å². The zero-order valence-corrected chi connectivity index (χ0v) is 7.85. The molecule has 0 radical (unpaired) electrons. The van der Waals surface area contributed by atoms with Crippen molar-refractivity contribution in [3.63, 3.8) is 0 Å². The molecule has 0 saturated carbocycles. The van der Waals surface area contributed by atoms with E-state index >= 15 is 0 Å². The van der Waals surface area contributed by atoms with Crippen LogP contribution in [0.15, 0.2) is 24.3 Å². The van der Waals surface area contributed by atoms with Gasteiger partial charge in [0.2, 0.25) is 0 Å². The van der Waals surface area contributed by atoms with Gasteiger partial charge in [-0.1, -0.05) is 18.1 Å². The van der Waals surface area contributed by atoms with Crippen molar-refractivity contribution in [1.82, 2.24) is 0 Å². The van der Waals surface area contributed by atoms with E-state index in [9.17, 15) is 8.78 Å². The summed E-state index contributed by atoms with van der Waals surface area (Å²) in [5.74, 6) is 5.56. The molecule has 74 valence electrons. The van der Waals surface area contributed by atoms with Crippen molar-refractivity contribution in [2.24, 2.45) is 0 Å². The van der Waals surface area contributed by atoms with E-state index in [4.69, 9.17) is 0 Å². The van der Waals surface area contributed by atoms with E-state index < -0.39 is 6.43 Å². The van der Waals surface area contributed by atoms with Gasteiger partial charge in [-0.2, -0.15) is 0 Å². The van der Waals surface area contributed by atoms with Crippen LogP contribution in [0.25, 0.3) is 0 Å². The number of alkyl halides is 2. The van der Waals surface area contributed by atoms with Crippen molar-refractivity contribution in [3.8, 4) is 11.8 Å². The summed E-state index contributed by atoms with van der Waals surface area (Å²) >= 11 is 0. The third kappa shape index (κ3) is 3.06. The number of anilines is 1. The molecular formula is C11H11F2N. The Morgan fingerprint density at radius 2 is 1.93 bits per heavy atom. The maximum atomic E-state index is 12.2. The van der Waals surface area contributed by atoms with Crippen LogP contribution in [-0.4, -0.2) is 6.54 Å². The largest absolute Gasteiger partial charge is 0.374 e. The molecule has 0 saturated heterocycles. The third-order valence-corrected chi connectivity index (χ3v) is 1.72. The van der Waals surface area contributed by atoms with Gasteiger partial charge in [-0.3, -0.25) is 0 Å². The minimum atomic E-state index is -2.40. The molecule has 0 aliphatic rings. The van der Waals surface area contributed by atoms with Crippen molar-refractivity contribution >= 4 is 5.69 Å². The van der Waals surface area contributed by atoms with Crippen LogP contribution < -0.4 is 5.32 Å². The molecule has 0 heterocycles. The summed E-state index contributed by atoms with van der Waals surface area (Å²) in [6.45, 7) is 2.28. The van der Waals surface area contributed by atoms with Crippen molar-refractivity contribution in [1.29, 1.82) is 0 Å².